The van der Waals surface area contributed by atoms with Gasteiger partial charge in [0, 0.05) is 19.0 Å². The summed E-state index contributed by atoms with van der Waals surface area (Å²) in [7, 11) is 0. The summed E-state index contributed by atoms with van der Waals surface area (Å²) in [4.78, 5) is 17.6. The fraction of sp³-hybridized carbons (Fsp3) is 0.412. The van der Waals surface area contributed by atoms with E-state index in [9.17, 15) is 4.79 Å². The molecule has 1 aromatic heterocycles. The van der Waals surface area contributed by atoms with Gasteiger partial charge in [0.15, 0.2) is 0 Å². The highest BCUT2D eigenvalue weighted by Crippen LogP contribution is 2.21. The molecule has 1 aromatic carbocycles. The van der Waals surface area contributed by atoms with E-state index in [0.717, 1.165) is 35.0 Å². The predicted molar refractivity (Wildman–Crippen MR) is 89.5 cm³/mol. The Hall–Kier alpha value is -1.72. The van der Waals surface area contributed by atoms with Crippen LogP contribution in [0.2, 0.25) is 0 Å². The molecule has 0 saturated carbocycles. The van der Waals surface area contributed by atoms with Crippen LogP contribution in [0.4, 0.5) is 0 Å². The molecule has 0 bridgehead atoms. The minimum Gasteiger partial charge on any atom is -0.350 e. The third-order valence-electron chi connectivity index (χ3n) is 3.92. The Kier molecular flexibility index (Phi) is 4.85. The van der Waals surface area contributed by atoms with Crippen molar-refractivity contribution in [1.82, 2.24) is 15.6 Å². The number of hydrogen-bond acceptors (Lipinski definition) is 4. The van der Waals surface area contributed by atoms with Crippen molar-refractivity contribution in [3.05, 3.63) is 51.5 Å². The van der Waals surface area contributed by atoms with Gasteiger partial charge >= 0.3 is 0 Å². The lowest BCUT2D eigenvalue weighted by molar-refractivity contribution is 0.0953. The largest absolute Gasteiger partial charge is 0.350 e. The van der Waals surface area contributed by atoms with E-state index in [1.165, 1.54) is 23.3 Å². The molecule has 1 aliphatic heterocycles. The Labute approximate surface area is 135 Å². The molecule has 1 atom stereocenters. The standard InChI is InChI=1S/C17H21N3OS/c1-12-16(17(21)19-11-14-8-5-9-18-14)22-15(20-12)10-13-6-3-2-4-7-13/h2-4,6-7,14,18H,5,8-11H2,1H3,(H,19,21). The Balaban J connectivity index is 1.62. The number of benzene rings is 1. The van der Waals surface area contributed by atoms with Gasteiger partial charge in [-0.05, 0) is 31.9 Å². The maximum absolute atomic E-state index is 12.3. The van der Waals surface area contributed by atoms with Gasteiger partial charge in [-0.3, -0.25) is 4.79 Å². The molecule has 0 aliphatic carbocycles. The van der Waals surface area contributed by atoms with Crippen molar-refractivity contribution in [3.8, 4) is 0 Å². The van der Waals surface area contributed by atoms with E-state index in [4.69, 9.17) is 0 Å². The van der Waals surface area contributed by atoms with Crippen molar-refractivity contribution in [2.24, 2.45) is 0 Å². The van der Waals surface area contributed by atoms with Gasteiger partial charge in [0.25, 0.3) is 5.91 Å². The van der Waals surface area contributed by atoms with Crippen molar-refractivity contribution in [1.29, 1.82) is 0 Å². The summed E-state index contributed by atoms with van der Waals surface area (Å²) in [5.74, 6) is 0.00279. The molecular formula is C17H21N3OS. The molecule has 1 aliphatic rings. The second-order valence-corrected chi connectivity index (χ2v) is 6.77. The summed E-state index contributed by atoms with van der Waals surface area (Å²) >= 11 is 1.50. The third-order valence-corrected chi connectivity index (χ3v) is 5.07. The normalized spacial score (nSPS) is 17.6. The summed E-state index contributed by atoms with van der Waals surface area (Å²) < 4.78 is 0. The van der Waals surface area contributed by atoms with Crippen LogP contribution in [0.25, 0.3) is 0 Å². The van der Waals surface area contributed by atoms with Crippen LogP contribution < -0.4 is 10.6 Å². The molecule has 1 saturated heterocycles. The SMILES string of the molecule is Cc1nc(Cc2ccccc2)sc1C(=O)NCC1CCCN1. The van der Waals surface area contributed by atoms with Crippen molar-refractivity contribution in [3.63, 3.8) is 0 Å². The highest BCUT2D eigenvalue weighted by molar-refractivity contribution is 7.13. The molecule has 0 radical (unpaired) electrons. The summed E-state index contributed by atoms with van der Waals surface area (Å²) in [5, 5.41) is 7.41. The fourth-order valence-corrected chi connectivity index (χ4v) is 3.75. The number of aromatic nitrogens is 1. The number of hydrogen-bond donors (Lipinski definition) is 2. The van der Waals surface area contributed by atoms with Gasteiger partial charge in [0.2, 0.25) is 0 Å². The zero-order chi connectivity index (χ0) is 15.4. The maximum Gasteiger partial charge on any atom is 0.263 e. The monoisotopic (exact) mass is 315 g/mol. The second-order valence-electron chi connectivity index (χ2n) is 5.69. The van der Waals surface area contributed by atoms with E-state index in [-0.39, 0.29) is 5.91 Å². The van der Waals surface area contributed by atoms with Gasteiger partial charge in [0.1, 0.15) is 4.88 Å². The number of carbonyl (C=O) groups excluding carboxylic acids is 1. The number of thiazole rings is 1. The summed E-state index contributed by atoms with van der Waals surface area (Å²) in [5.41, 5.74) is 2.05. The first-order valence-electron chi connectivity index (χ1n) is 7.74. The Bertz CT molecular complexity index is 633. The van der Waals surface area contributed by atoms with Gasteiger partial charge in [-0.25, -0.2) is 4.98 Å². The Morgan fingerprint density at radius 2 is 2.23 bits per heavy atom. The molecule has 1 unspecified atom stereocenters. The van der Waals surface area contributed by atoms with Crippen molar-refractivity contribution in [2.45, 2.75) is 32.2 Å². The van der Waals surface area contributed by atoms with E-state index in [1.807, 2.05) is 25.1 Å². The van der Waals surface area contributed by atoms with Crippen molar-refractivity contribution < 1.29 is 4.79 Å². The quantitative estimate of drug-likeness (QED) is 0.891. The number of nitrogens with one attached hydrogen (secondary N) is 2. The first-order valence-corrected chi connectivity index (χ1v) is 8.56. The molecule has 3 rings (SSSR count). The number of aryl methyl sites for hydroxylation is 1. The smallest absolute Gasteiger partial charge is 0.263 e. The van der Waals surface area contributed by atoms with Gasteiger partial charge in [-0.2, -0.15) is 0 Å². The molecule has 2 aromatic rings. The molecule has 2 N–H and O–H groups in total. The van der Waals surface area contributed by atoms with Gasteiger partial charge in [-0.15, -0.1) is 11.3 Å². The average Bonchev–Trinajstić information content (AvgIpc) is 3.16. The molecule has 22 heavy (non-hydrogen) atoms. The molecule has 116 valence electrons. The second kappa shape index (κ2) is 7.03. The highest BCUT2D eigenvalue weighted by Gasteiger charge is 2.18. The molecule has 0 spiro atoms. The molecule has 2 heterocycles. The average molecular weight is 315 g/mol. The van der Waals surface area contributed by atoms with Crippen LogP contribution in [-0.4, -0.2) is 30.0 Å². The van der Waals surface area contributed by atoms with Gasteiger partial charge in [-0.1, -0.05) is 30.3 Å². The van der Waals surface area contributed by atoms with E-state index in [2.05, 4.69) is 27.8 Å². The van der Waals surface area contributed by atoms with Gasteiger partial charge < -0.3 is 10.6 Å². The van der Waals surface area contributed by atoms with Crippen LogP contribution in [0, 0.1) is 6.92 Å². The van der Waals surface area contributed by atoms with Crippen LogP contribution >= 0.6 is 11.3 Å². The highest BCUT2D eigenvalue weighted by atomic mass is 32.1. The van der Waals surface area contributed by atoms with Crippen LogP contribution in [0.15, 0.2) is 30.3 Å². The lowest BCUT2D eigenvalue weighted by atomic mass is 10.2. The zero-order valence-corrected chi connectivity index (χ0v) is 13.6. The van der Waals surface area contributed by atoms with Crippen LogP contribution in [0.5, 0.6) is 0 Å². The van der Waals surface area contributed by atoms with E-state index >= 15 is 0 Å². The van der Waals surface area contributed by atoms with E-state index in [0.29, 0.717) is 12.6 Å². The number of rotatable bonds is 5. The lowest BCUT2D eigenvalue weighted by Crippen LogP contribution is -2.37. The van der Waals surface area contributed by atoms with Crippen molar-refractivity contribution >= 4 is 17.2 Å². The molecular weight excluding hydrogens is 294 g/mol. The molecule has 5 heteroatoms. The lowest BCUT2D eigenvalue weighted by Gasteiger charge is -2.10. The summed E-state index contributed by atoms with van der Waals surface area (Å²) in [6.07, 6.45) is 3.12. The van der Waals surface area contributed by atoms with Crippen LogP contribution in [-0.2, 0) is 6.42 Å². The Morgan fingerprint density at radius 1 is 1.41 bits per heavy atom. The van der Waals surface area contributed by atoms with E-state index < -0.39 is 0 Å². The maximum atomic E-state index is 12.3. The number of amides is 1. The van der Waals surface area contributed by atoms with Crippen LogP contribution in [0.1, 0.15) is 38.8 Å². The fourth-order valence-electron chi connectivity index (χ4n) is 2.74. The molecule has 4 nitrogen and oxygen atoms in total. The first-order chi connectivity index (χ1) is 10.7. The minimum absolute atomic E-state index is 0.00279. The van der Waals surface area contributed by atoms with E-state index in [1.54, 1.807) is 0 Å². The topological polar surface area (TPSA) is 54.0 Å². The minimum atomic E-state index is 0.00279. The first kappa shape index (κ1) is 15.2. The van der Waals surface area contributed by atoms with Gasteiger partial charge in [0.05, 0.1) is 10.7 Å². The zero-order valence-electron chi connectivity index (χ0n) is 12.8. The third kappa shape index (κ3) is 3.72. The van der Waals surface area contributed by atoms with Crippen LogP contribution in [0.3, 0.4) is 0 Å². The molecule has 1 amide bonds. The van der Waals surface area contributed by atoms with Crippen molar-refractivity contribution in [2.75, 3.05) is 13.1 Å². The molecule has 1 fully saturated rings. The number of nitrogens with zero attached hydrogens (tertiary/aromatic N) is 1. The summed E-state index contributed by atoms with van der Waals surface area (Å²) in [6.45, 7) is 3.67. The predicted octanol–water partition coefficient (Wildman–Crippen LogP) is 2.52. The number of carbonyl (C=O) groups is 1. The summed E-state index contributed by atoms with van der Waals surface area (Å²) in [6, 6.07) is 10.6. The Morgan fingerprint density at radius 3 is 2.95 bits per heavy atom.